The normalized spacial score (nSPS) is 10.3. The van der Waals surface area contributed by atoms with E-state index in [4.69, 9.17) is 5.73 Å². The monoisotopic (exact) mass is 202 g/mol. The summed E-state index contributed by atoms with van der Waals surface area (Å²) in [6.07, 6.45) is 1.88. The van der Waals surface area contributed by atoms with Gasteiger partial charge in [-0.15, -0.1) is 0 Å². The van der Waals surface area contributed by atoms with Gasteiger partial charge in [0.25, 0.3) is 0 Å². The van der Waals surface area contributed by atoms with Crippen molar-refractivity contribution in [2.45, 2.75) is 6.92 Å². The molecule has 1 aromatic heterocycles. The van der Waals surface area contributed by atoms with Crippen LogP contribution in [0.15, 0.2) is 30.5 Å². The van der Waals surface area contributed by atoms with Crippen LogP contribution in [0.5, 0.6) is 0 Å². The molecule has 0 fully saturated rings. The molecule has 78 valence electrons. The number of hydrogen-bond acceptors (Lipinski definition) is 3. The minimum atomic E-state index is 0.728. The van der Waals surface area contributed by atoms with Gasteiger partial charge in [-0.05, 0) is 24.6 Å². The highest BCUT2D eigenvalue weighted by Gasteiger charge is 2.01. The van der Waals surface area contributed by atoms with E-state index in [9.17, 15) is 0 Å². The Balaban J connectivity index is 2.27. The maximum Gasteiger partial charge on any atom is 0.152 e. The third kappa shape index (κ3) is 2.10. The zero-order valence-electron chi connectivity index (χ0n) is 8.86. The molecule has 4 heteroatoms. The highest BCUT2D eigenvalue weighted by atomic mass is 15.3. The lowest BCUT2D eigenvalue weighted by Crippen LogP contribution is -1.98. The predicted octanol–water partition coefficient (Wildman–Crippen LogP) is 2.05. The van der Waals surface area contributed by atoms with Crippen LogP contribution in [0.2, 0.25) is 0 Å². The number of rotatable bonds is 2. The van der Waals surface area contributed by atoms with Crippen molar-refractivity contribution in [2.75, 3.05) is 11.1 Å². The Morgan fingerprint density at radius 3 is 2.80 bits per heavy atom. The Kier molecular flexibility index (Phi) is 2.33. The number of aromatic nitrogens is 2. The van der Waals surface area contributed by atoms with Crippen LogP contribution in [0.25, 0.3) is 0 Å². The highest BCUT2D eigenvalue weighted by Crippen LogP contribution is 2.22. The smallest absolute Gasteiger partial charge is 0.152 e. The second kappa shape index (κ2) is 3.65. The summed E-state index contributed by atoms with van der Waals surface area (Å²) in [6, 6.07) is 7.78. The molecule has 1 heterocycles. The number of nitrogen functional groups attached to an aromatic ring is 1. The van der Waals surface area contributed by atoms with E-state index in [0.717, 1.165) is 17.2 Å². The molecular weight excluding hydrogens is 188 g/mol. The number of nitrogens with one attached hydrogen (secondary N) is 1. The summed E-state index contributed by atoms with van der Waals surface area (Å²) in [7, 11) is 1.88. The van der Waals surface area contributed by atoms with E-state index in [1.807, 2.05) is 44.4 Å². The molecule has 0 atom stereocenters. The zero-order valence-corrected chi connectivity index (χ0v) is 8.86. The molecule has 0 bridgehead atoms. The minimum absolute atomic E-state index is 0.728. The third-order valence-corrected chi connectivity index (χ3v) is 2.19. The summed E-state index contributed by atoms with van der Waals surface area (Å²) in [5, 5.41) is 7.40. The van der Waals surface area contributed by atoms with Crippen LogP contribution in [-0.2, 0) is 7.05 Å². The largest absolute Gasteiger partial charge is 0.397 e. The third-order valence-electron chi connectivity index (χ3n) is 2.19. The van der Waals surface area contributed by atoms with Crippen LogP contribution < -0.4 is 11.1 Å². The van der Waals surface area contributed by atoms with Gasteiger partial charge in [-0.25, -0.2) is 0 Å². The first-order valence-electron chi connectivity index (χ1n) is 4.78. The Morgan fingerprint density at radius 1 is 1.33 bits per heavy atom. The molecule has 0 aliphatic rings. The highest BCUT2D eigenvalue weighted by molar-refractivity contribution is 5.71. The standard InChI is InChI=1S/C11H14N4/c1-8-3-4-9(12)10(7-8)13-11-5-6-15(2)14-11/h3-7H,12H2,1-2H3,(H,13,14). The van der Waals surface area contributed by atoms with Crippen molar-refractivity contribution in [3.05, 3.63) is 36.0 Å². The van der Waals surface area contributed by atoms with Crippen molar-refractivity contribution < 1.29 is 0 Å². The first-order chi connectivity index (χ1) is 7.15. The minimum Gasteiger partial charge on any atom is -0.397 e. The van der Waals surface area contributed by atoms with Crippen LogP contribution >= 0.6 is 0 Å². The van der Waals surface area contributed by atoms with Gasteiger partial charge in [-0.1, -0.05) is 6.07 Å². The quantitative estimate of drug-likeness (QED) is 0.733. The topological polar surface area (TPSA) is 55.9 Å². The number of hydrogen-bond donors (Lipinski definition) is 2. The summed E-state index contributed by atoms with van der Waals surface area (Å²) in [5.74, 6) is 0.801. The van der Waals surface area contributed by atoms with Crippen molar-refractivity contribution in [2.24, 2.45) is 7.05 Å². The summed E-state index contributed by atoms with van der Waals surface area (Å²) in [6.45, 7) is 2.03. The lowest BCUT2D eigenvalue weighted by Gasteiger charge is -2.07. The first kappa shape index (κ1) is 9.58. The van der Waals surface area contributed by atoms with Crippen molar-refractivity contribution in [1.82, 2.24) is 9.78 Å². The molecule has 0 radical (unpaired) electrons. The Hall–Kier alpha value is -1.97. The lowest BCUT2D eigenvalue weighted by atomic mass is 10.2. The van der Waals surface area contributed by atoms with Gasteiger partial charge in [0.05, 0.1) is 11.4 Å². The van der Waals surface area contributed by atoms with Crippen LogP contribution in [0.4, 0.5) is 17.2 Å². The van der Waals surface area contributed by atoms with E-state index in [1.54, 1.807) is 4.68 Å². The maximum atomic E-state index is 5.85. The average molecular weight is 202 g/mol. The molecular formula is C11H14N4. The van der Waals surface area contributed by atoms with E-state index < -0.39 is 0 Å². The van der Waals surface area contributed by atoms with Crippen molar-refractivity contribution >= 4 is 17.2 Å². The van der Waals surface area contributed by atoms with Crippen LogP contribution in [0.3, 0.4) is 0 Å². The van der Waals surface area contributed by atoms with Crippen LogP contribution in [0.1, 0.15) is 5.56 Å². The molecule has 0 saturated carbocycles. The maximum absolute atomic E-state index is 5.85. The number of nitrogens with two attached hydrogens (primary N) is 1. The van der Waals surface area contributed by atoms with Gasteiger partial charge in [-0.2, -0.15) is 5.10 Å². The Labute approximate surface area is 88.7 Å². The molecule has 3 N–H and O–H groups in total. The predicted molar refractivity (Wildman–Crippen MR) is 62.1 cm³/mol. The first-order valence-corrected chi connectivity index (χ1v) is 4.78. The summed E-state index contributed by atoms with van der Waals surface area (Å²) < 4.78 is 1.74. The molecule has 2 aromatic rings. The molecule has 0 saturated heterocycles. The number of benzene rings is 1. The van der Waals surface area contributed by atoms with Gasteiger partial charge in [0.1, 0.15) is 0 Å². The second-order valence-electron chi connectivity index (χ2n) is 3.59. The SMILES string of the molecule is Cc1ccc(N)c(Nc2ccn(C)n2)c1. The number of anilines is 3. The van der Waals surface area contributed by atoms with Crippen molar-refractivity contribution in [3.63, 3.8) is 0 Å². The molecule has 15 heavy (non-hydrogen) atoms. The molecule has 1 aromatic carbocycles. The molecule has 0 spiro atoms. The summed E-state index contributed by atoms with van der Waals surface area (Å²) in [4.78, 5) is 0. The summed E-state index contributed by atoms with van der Waals surface area (Å²) in [5.41, 5.74) is 8.64. The van der Waals surface area contributed by atoms with Gasteiger partial charge in [0.2, 0.25) is 0 Å². The van der Waals surface area contributed by atoms with E-state index in [0.29, 0.717) is 0 Å². The molecule has 0 aliphatic carbocycles. The Bertz CT molecular complexity index is 473. The van der Waals surface area contributed by atoms with Gasteiger partial charge >= 0.3 is 0 Å². The number of aryl methyl sites for hydroxylation is 2. The van der Waals surface area contributed by atoms with Crippen LogP contribution in [-0.4, -0.2) is 9.78 Å². The van der Waals surface area contributed by atoms with Gasteiger partial charge < -0.3 is 11.1 Å². The second-order valence-corrected chi connectivity index (χ2v) is 3.59. The van der Waals surface area contributed by atoms with E-state index in [2.05, 4.69) is 10.4 Å². The molecule has 0 amide bonds. The number of nitrogens with zero attached hydrogens (tertiary/aromatic N) is 2. The average Bonchev–Trinajstić information content (AvgIpc) is 2.58. The van der Waals surface area contributed by atoms with Crippen molar-refractivity contribution in [3.8, 4) is 0 Å². The molecule has 2 rings (SSSR count). The van der Waals surface area contributed by atoms with Crippen LogP contribution in [0, 0.1) is 6.92 Å². The molecule has 4 nitrogen and oxygen atoms in total. The van der Waals surface area contributed by atoms with E-state index in [-0.39, 0.29) is 0 Å². The van der Waals surface area contributed by atoms with Gasteiger partial charge in [0.15, 0.2) is 5.82 Å². The fourth-order valence-corrected chi connectivity index (χ4v) is 1.40. The molecule has 0 unspecified atom stereocenters. The van der Waals surface area contributed by atoms with E-state index >= 15 is 0 Å². The summed E-state index contributed by atoms with van der Waals surface area (Å²) >= 11 is 0. The zero-order chi connectivity index (χ0) is 10.8. The molecule has 0 aliphatic heterocycles. The van der Waals surface area contributed by atoms with Gasteiger partial charge in [0, 0.05) is 19.3 Å². The Morgan fingerprint density at radius 2 is 2.13 bits per heavy atom. The fourth-order valence-electron chi connectivity index (χ4n) is 1.40. The van der Waals surface area contributed by atoms with Gasteiger partial charge in [-0.3, -0.25) is 4.68 Å². The van der Waals surface area contributed by atoms with Crippen molar-refractivity contribution in [1.29, 1.82) is 0 Å². The lowest BCUT2D eigenvalue weighted by molar-refractivity contribution is 0.771. The van der Waals surface area contributed by atoms with E-state index in [1.165, 1.54) is 5.56 Å². The fraction of sp³-hybridized carbons (Fsp3) is 0.182.